The normalized spacial score (nSPS) is 52.8. The van der Waals surface area contributed by atoms with Gasteiger partial charge in [0.1, 0.15) is 0 Å². The van der Waals surface area contributed by atoms with E-state index in [2.05, 4.69) is 13.8 Å². The Labute approximate surface area is 75.7 Å². The average molecular weight is 167 g/mol. The molecule has 0 aromatic rings. The first-order valence-electron chi connectivity index (χ1n) is 5.45. The van der Waals surface area contributed by atoms with E-state index < -0.39 is 0 Å². The Balaban J connectivity index is 1.92. The molecule has 0 heterocycles. The molecule has 0 amide bonds. The fourth-order valence-electron chi connectivity index (χ4n) is 2.97. The van der Waals surface area contributed by atoms with Crippen molar-refractivity contribution in [3.63, 3.8) is 0 Å². The van der Waals surface area contributed by atoms with Gasteiger partial charge in [0.15, 0.2) is 0 Å². The summed E-state index contributed by atoms with van der Waals surface area (Å²) in [5.74, 6) is 2.65. The van der Waals surface area contributed by atoms with Gasteiger partial charge in [-0.3, -0.25) is 0 Å². The lowest BCUT2D eigenvalue weighted by Crippen LogP contribution is -2.33. The lowest BCUT2D eigenvalue weighted by molar-refractivity contribution is 0.373. The van der Waals surface area contributed by atoms with Crippen LogP contribution in [-0.2, 0) is 0 Å². The minimum atomic E-state index is 0.268. The Bertz CT molecular complexity index is 178. The van der Waals surface area contributed by atoms with Crippen LogP contribution in [0, 0.1) is 17.8 Å². The standard InChI is InChI=1S/C11H21N/c1-3-9-4-5-10(6-9)11(12)7-8(11)2/h8-10H,3-7,12H2,1-2H3. The van der Waals surface area contributed by atoms with Crippen molar-refractivity contribution < 1.29 is 0 Å². The highest BCUT2D eigenvalue weighted by Crippen LogP contribution is 2.53. The molecule has 2 aliphatic carbocycles. The molecule has 0 radical (unpaired) electrons. The molecule has 0 bridgehead atoms. The summed E-state index contributed by atoms with van der Waals surface area (Å²) in [4.78, 5) is 0. The van der Waals surface area contributed by atoms with Gasteiger partial charge in [0, 0.05) is 5.54 Å². The minimum absolute atomic E-state index is 0.268. The molecular weight excluding hydrogens is 146 g/mol. The number of hydrogen-bond acceptors (Lipinski definition) is 1. The lowest BCUT2D eigenvalue weighted by atomic mass is 9.93. The van der Waals surface area contributed by atoms with Gasteiger partial charge in [0.2, 0.25) is 0 Å². The molecule has 2 aliphatic rings. The third kappa shape index (κ3) is 1.19. The van der Waals surface area contributed by atoms with Crippen LogP contribution in [0.1, 0.15) is 46.0 Å². The molecule has 1 heteroatoms. The van der Waals surface area contributed by atoms with E-state index in [0.717, 1.165) is 17.8 Å². The molecule has 70 valence electrons. The molecule has 1 nitrogen and oxygen atoms in total. The largest absolute Gasteiger partial charge is 0.325 e. The van der Waals surface area contributed by atoms with Gasteiger partial charge in [0.25, 0.3) is 0 Å². The first kappa shape index (κ1) is 8.55. The van der Waals surface area contributed by atoms with Crippen molar-refractivity contribution >= 4 is 0 Å². The quantitative estimate of drug-likeness (QED) is 0.672. The van der Waals surface area contributed by atoms with E-state index in [9.17, 15) is 0 Å². The van der Waals surface area contributed by atoms with Gasteiger partial charge in [-0.25, -0.2) is 0 Å². The zero-order valence-corrected chi connectivity index (χ0v) is 8.34. The Morgan fingerprint density at radius 1 is 1.42 bits per heavy atom. The molecule has 4 atom stereocenters. The zero-order chi connectivity index (χ0) is 8.77. The van der Waals surface area contributed by atoms with Gasteiger partial charge >= 0.3 is 0 Å². The van der Waals surface area contributed by atoms with E-state index in [0.29, 0.717) is 0 Å². The van der Waals surface area contributed by atoms with Crippen molar-refractivity contribution in [3.8, 4) is 0 Å². The molecule has 2 fully saturated rings. The topological polar surface area (TPSA) is 26.0 Å². The summed E-state index contributed by atoms with van der Waals surface area (Å²) < 4.78 is 0. The molecule has 2 saturated carbocycles. The predicted molar refractivity (Wildman–Crippen MR) is 51.8 cm³/mol. The fraction of sp³-hybridized carbons (Fsp3) is 1.00. The van der Waals surface area contributed by atoms with Crippen LogP contribution in [0.3, 0.4) is 0 Å². The van der Waals surface area contributed by atoms with Crippen molar-refractivity contribution in [1.82, 2.24) is 0 Å². The molecule has 0 saturated heterocycles. The van der Waals surface area contributed by atoms with Crippen LogP contribution in [0.15, 0.2) is 0 Å². The van der Waals surface area contributed by atoms with Gasteiger partial charge in [-0.2, -0.15) is 0 Å². The van der Waals surface area contributed by atoms with E-state index in [1.165, 1.54) is 32.1 Å². The van der Waals surface area contributed by atoms with Gasteiger partial charge in [-0.1, -0.05) is 26.7 Å². The summed E-state index contributed by atoms with van der Waals surface area (Å²) in [6, 6.07) is 0. The maximum absolute atomic E-state index is 6.31. The van der Waals surface area contributed by atoms with Crippen molar-refractivity contribution in [2.45, 2.75) is 51.5 Å². The second-order valence-electron chi connectivity index (χ2n) is 5.00. The third-order valence-electron chi connectivity index (χ3n) is 4.30. The van der Waals surface area contributed by atoms with Crippen LogP contribution in [0.2, 0.25) is 0 Å². The molecule has 2 rings (SSSR count). The van der Waals surface area contributed by atoms with Crippen LogP contribution in [-0.4, -0.2) is 5.54 Å². The molecule has 0 aromatic carbocycles. The Morgan fingerprint density at radius 2 is 2.08 bits per heavy atom. The second kappa shape index (κ2) is 2.73. The Kier molecular flexibility index (Phi) is 1.95. The summed E-state index contributed by atoms with van der Waals surface area (Å²) in [6.07, 6.45) is 6.90. The van der Waals surface area contributed by atoms with E-state index in [1.807, 2.05) is 0 Å². The second-order valence-corrected chi connectivity index (χ2v) is 5.00. The molecule has 12 heavy (non-hydrogen) atoms. The first-order chi connectivity index (χ1) is 5.66. The Morgan fingerprint density at radius 3 is 2.50 bits per heavy atom. The number of nitrogens with two attached hydrogens (primary N) is 1. The van der Waals surface area contributed by atoms with Crippen molar-refractivity contribution in [3.05, 3.63) is 0 Å². The third-order valence-corrected chi connectivity index (χ3v) is 4.30. The van der Waals surface area contributed by atoms with Gasteiger partial charge in [-0.05, 0) is 37.0 Å². The Hall–Kier alpha value is -0.0400. The maximum Gasteiger partial charge on any atom is 0.0212 e. The minimum Gasteiger partial charge on any atom is -0.325 e. The zero-order valence-electron chi connectivity index (χ0n) is 8.34. The average Bonchev–Trinajstić information content (AvgIpc) is 2.57. The van der Waals surface area contributed by atoms with E-state index in [-0.39, 0.29) is 5.54 Å². The summed E-state index contributed by atoms with van der Waals surface area (Å²) in [6.45, 7) is 4.62. The highest BCUT2D eigenvalue weighted by Gasteiger charge is 2.54. The van der Waals surface area contributed by atoms with Crippen LogP contribution >= 0.6 is 0 Å². The van der Waals surface area contributed by atoms with Crippen LogP contribution in [0.4, 0.5) is 0 Å². The van der Waals surface area contributed by atoms with Gasteiger partial charge < -0.3 is 5.73 Å². The summed E-state index contributed by atoms with van der Waals surface area (Å²) >= 11 is 0. The van der Waals surface area contributed by atoms with Crippen LogP contribution in [0.5, 0.6) is 0 Å². The fourth-order valence-corrected chi connectivity index (χ4v) is 2.97. The van der Waals surface area contributed by atoms with E-state index in [4.69, 9.17) is 5.73 Å². The van der Waals surface area contributed by atoms with Crippen molar-refractivity contribution in [1.29, 1.82) is 0 Å². The van der Waals surface area contributed by atoms with E-state index >= 15 is 0 Å². The smallest absolute Gasteiger partial charge is 0.0212 e. The van der Waals surface area contributed by atoms with Gasteiger partial charge in [0.05, 0.1) is 0 Å². The maximum atomic E-state index is 6.31. The molecule has 0 spiro atoms. The summed E-state index contributed by atoms with van der Waals surface area (Å²) in [7, 11) is 0. The summed E-state index contributed by atoms with van der Waals surface area (Å²) in [5, 5.41) is 0. The molecular formula is C11H21N. The summed E-state index contributed by atoms with van der Waals surface area (Å²) in [5.41, 5.74) is 6.58. The van der Waals surface area contributed by atoms with Crippen LogP contribution < -0.4 is 5.73 Å². The molecule has 4 unspecified atom stereocenters. The molecule has 2 N–H and O–H groups in total. The lowest BCUT2D eigenvalue weighted by Gasteiger charge is -2.19. The van der Waals surface area contributed by atoms with Crippen LogP contribution in [0.25, 0.3) is 0 Å². The van der Waals surface area contributed by atoms with Crippen molar-refractivity contribution in [2.75, 3.05) is 0 Å². The number of rotatable bonds is 2. The van der Waals surface area contributed by atoms with Gasteiger partial charge in [-0.15, -0.1) is 0 Å². The highest BCUT2D eigenvalue weighted by atomic mass is 14.9. The number of hydrogen-bond donors (Lipinski definition) is 1. The molecule has 0 aromatic heterocycles. The SMILES string of the molecule is CCC1CCC(C2(N)CC2C)C1. The molecule has 0 aliphatic heterocycles. The van der Waals surface area contributed by atoms with Crippen molar-refractivity contribution in [2.24, 2.45) is 23.5 Å². The van der Waals surface area contributed by atoms with E-state index in [1.54, 1.807) is 0 Å². The highest BCUT2D eigenvalue weighted by molar-refractivity contribution is 5.11. The first-order valence-corrected chi connectivity index (χ1v) is 5.45. The predicted octanol–water partition coefficient (Wildman–Crippen LogP) is 2.55. The monoisotopic (exact) mass is 167 g/mol.